The molecule has 1 fully saturated rings. The second-order valence-corrected chi connectivity index (χ2v) is 4.80. The molecule has 1 aliphatic rings. The highest BCUT2D eigenvalue weighted by atomic mass is 16.5. The van der Waals surface area contributed by atoms with E-state index in [4.69, 9.17) is 9.47 Å². The zero-order valence-corrected chi connectivity index (χ0v) is 11.3. The molecule has 1 aliphatic carbocycles. The molecule has 2 unspecified atom stereocenters. The Hall–Kier alpha value is -1.06. The Labute approximate surface area is 109 Å². The number of nitrogens with one attached hydrogen (secondary N) is 1. The summed E-state index contributed by atoms with van der Waals surface area (Å²) in [4.78, 5) is 0. The number of rotatable bonds is 8. The lowest BCUT2D eigenvalue weighted by Gasteiger charge is -2.05. The zero-order chi connectivity index (χ0) is 12.8. The second-order valence-electron chi connectivity index (χ2n) is 4.80. The topological polar surface area (TPSA) is 30.5 Å². The molecule has 0 saturated heterocycles. The van der Waals surface area contributed by atoms with Gasteiger partial charge in [-0.25, -0.2) is 0 Å². The van der Waals surface area contributed by atoms with E-state index in [9.17, 15) is 0 Å². The number of benzene rings is 1. The predicted octanol–water partition coefficient (Wildman–Crippen LogP) is 2.42. The molecule has 3 nitrogen and oxygen atoms in total. The van der Waals surface area contributed by atoms with Crippen molar-refractivity contribution in [2.24, 2.45) is 5.92 Å². The average Bonchev–Trinajstić information content (AvgIpc) is 3.16. The Kier molecular flexibility index (Phi) is 5.02. The summed E-state index contributed by atoms with van der Waals surface area (Å²) >= 11 is 0. The summed E-state index contributed by atoms with van der Waals surface area (Å²) in [6, 6.07) is 8.55. The minimum atomic E-state index is 0.731. The van der Waals surface area contributed by atoms with E-state index in [0.717, 1.165) is 43.9 Å². The molecular weight excluding hydrogens is 226 g/mol. The molecule has 0 radical (unpaired) electrons. The first-order valence-corrected chi connectivity index (χ1v) is 6.77. The smallest absolute Gasteiger partial charge is 0.119 e. The van der Waals surface area contributed by atoms with Gasteiger partial charge in [0.25, 0.3) is 0 Å². The third-order valence-electron chi connectivity index (χ3n) is 3.43. The fourth-order valence-corrected chi connectivity index (χ4v) is 2.32. The zero-order valence-electron chi connectivity index (χ0n) is 11.3. The summed E-state index contributed by atoms with van der Waals surface area (Å²) < 4.78 is 10.5. The molecule has 3 heteroatoms. The maximum atomic E-state index is 5.45. The Morgan fingerprint density at radius 3 is 2.72 bits per heavy atom. The van der Waals surface area contributed by atoms with Crippen molar-refractivity contribution in [3.8, 4) is 5.75 Å². The van der Waals surface area contributed by atoms with Crippen molar-refractivity contribution in [1.82, 2.24) is 5.32 Å². The van der Waals surface area contributed by atoms with Gasteiger partial charge in [-0.1, -0.05) is 12.1 Å². The average molecular weight is 249 g/mol. The van der Waals surface area contributed by atoms with Crippen LogP contribution in [0.25, 0.3) is 0 Å². The molecule has 0 bridgehead atoms. The highest BCUT2D eigenvalue weighted by Crippen LogP contribution is 2.47. The lowest BCUT2D eigenvalue weighted by atomic mass is 10.1. The van der Waals surface area contributed by atoms with Crippen LogP contribution in [0, 0.1) is 5.92 Å². The van der Waals surface area contributed by atoms with Crippen molar-refractivity contribution in [1.29, 1.82) is 0 Å². The van der Waals surface area contributed by atoms with Crippen molar-refractivity contribution in [3.63, 3.8) is 0 Å². The van der Waals surface area contributed by atoms with Crippen molar-refractivity contribution in [2.45, 2.75) is 19.3 Å². The van der Waals surface area contributed by atoms with E-state index in [2.05, 4.69) is 29.6 Å². The van der Waals surface area contributed by atoms with Crippen LogP contribution in [0.15, 0.2) is 24.3 Å². The lowest BCUT2D eigenvalue weighted by molar-refractivity contribution is 0.199. The molecular formula is C15H23NO2. The third-order valence-corrected chi connectivity index (χ3v) is 3.43. The van der Waals surface area contributed by atoms with Crippen LogP contribution in [0.3, 0.4) is 0 Å². The van der Waals surface area contributed by atoms with Crippen LogP contribution in [-0.4, -0.2) is 33.4 Å². The molecule has 1 saturated carbocycles. The van der Waals surface area contributed by atoms with Crippen LogP contribution in [-0.2, 0) is 4.74 Å². The molecule has 0 amide bonds. The Balaban J connectivity index is 1.73. The van der Waals surface area contributed by atoms with E-state index in [1.54, 1.807) is 7.11 Å². The summed E-state index contributed by atoms with van der Waals surface area (Å²) in [6.45, 7) is 5.58. The molecule has 0 spiro atoms. The molecule has 2 atom stereocenters. The van der Waals surface area contributed by atoms with Crippen LogP contribution in [0.1, 0.15) is 24.8 Å². The molecule has 100 valence electrons. The van der Waals surface area contributed by atoms with Gasteiger partial charge >= 0.3 is 0 Å². The first-order chi connectivity index (χ1) is 8.85. The second kappa shape index (κ2) is 6.76. The lowest BCUT2D eigenvalue weighted by Crippen LogP contribution is -2.21. The van der Waals surface area contributed by atoms with Gasteiger partial charge in [-0.2, -0.15) is 0 Å². The molecule has 0 heterocycles. The Morgan fingerprint density at radius 2 is 2.06 bits per heavy atom. The quantitative estimate of drug-likeness (QED) is 0.718. The normalized spacial score (nSPS) is 21.9. The van der Waals surface area contributed by atoms with Crippen LogP contribution in [0.5, 0.6) is 5.75 Å². The van der Waals surface area contributed by atoms with Gasteiger partial charge in [0.15, 0.2) is 0 Å². The van der Waals surface area contributed by atoms with E-state index in [1.165, 1.54) is 12.0 Å². The van der Waals surface area contributed by atoms with E-state index < -0.39 is 0 Å². The minimum absolute atomic E-state index is 0.731. The molecule has 1 aromatic carbocycles. The highest BCUT2D eigenvalue weighted by molar-refractivity contribution is 5.32. The van der Waals surface area contributed by atoms with Crippen LogP contribution in [0.2, 0.25) is 0 Å². The summed E-state index contributed by atoms with van der Waals surface area (Å²) in [5.74, 6) is 2.49. The van der Waals surface area contributed by atoms with E-state index >= 15 is 0 Å². The monoisotopic (exact) mass is 249 g/mol. The predicted molar refractivity (Wildman–Crippen MR) is 73.2 cm³/mol. The molecule has 1 N–H and O–H groups in total. The summed E-state index contributed by atoms with van der Waals surface area (Å²) in [5, 5.41) is 3.43. The van der Waals surface area contributed by atoms with Crippen molar-refractivity contribution in [3.05, 3.63) is 29.8 Å². The minimum Gasteiger partial charge on any atom is -0.494 e. The Bertz CT molecular complexity index is 350. The van der Waals surface area contributed by atoms with Crippen molar-refractivity contribution in [2.75, 3.05) is 33.4 Å². The van der Waals surface area contributed by atoms with Gasteiger partial charge in [-0.15, -0.1) is 0 Å². The van der Waals surface area contributed by atoms with Gasteiger partial charge in [0, 0.05) is 13.7 Å². The van der Waals surface area contributed by atoms with E-state index in [1.807, 2.05) is 6.92 Å². The Morgan fingerprint density at radius 1 is 1.28 bits per heavy atom. The molecule has 2 rings (SSSR count). The first-order valence-electron chi connectivity index (χ1n) is 6.77. The van der Waals surface area contributed by atoms with E-state index in [0.29, 0.717) is 0 Å². The fourth-order valence-electron chi connectivity index (χ4n) is 2.32. The van der Waals surface area contributed by atoms with Gasteiger partial charge in [0.1, 0.15) is 5.75 Å². The number of ether oxygens (including phenoxy) is 2. The van der Waals surface area contributed by atoms with Gasteiger partial charge in [-0.05, 0) is 49.4 Å². The molecule has 1 aromatic rings. The summed E-state index contributed by atoms with van der Waals surface area (Å²) in [6.07, 6.45) is 1.30. The third kappa shape index (κ3) is 3.72. The standard InChI is InChI=1S/C15H23NO2/c1-3-18-14-6-4-12(5-7-14)15-10-13(15)11-16-8-9-17-2/h4-7,13,15-16H,3,8-11H2,1-2H3. The van der Waals surface area contributed by atoms with Crippen LogP contribution >= 0.6 is 0 Å². The number of hydrogen-bond acceptors (Lipinski definition) is 3. The number of methoxy groups -OCH3 is 1. The SMILES string of the molecule is CCOc1ccc(C2CC2CNCCOC)cc1. The van der Waals surface area contributed by atoms with Gasteiger partial charge < -0.3 is 14.8 Å². The van der Waals surface area contributed by atoms with Crippen LogP contribution < -0.4 is 10.1 Å². The summed E-state index contributed by atoms with van der Waals surface area (Å²) in [7, 11) is 1.74. The van der Waals surface area contributed by atoms with Crippen molar-refractivity contribution >= 4 is 0 Å². The highest BCUT2D eigenvalue weighted by Gasteiger charge is 2.37. The first kappa shape index (κ1) is 13.4. The van der Waals surface area contributed by atoms with Gasteiger partial charge in [0.2, 0.25) is 0 Å². The summed E-state index contributed by atoms with van der Waals surface area (Å²) in [5.41, 5.74) is 1.44. The maximum absolute atomic E-state index is 5.45. The van der Waals surface area contributed by atoms with Crippen molar-refractivity contribution < 1.29 is 9.47 Å². The maximum Gasteiger partial charge on any atom is 0.119 e. The number of hydrogen-bond donors (Lipinski definition) is 1. The molecule has 18 heavy (non-hydrogen) atoms. The van der Waals surface area contributed by atoms with E-state index in [-0.39, 0.29) is 0 Å². The fraction of sp³-hybridized carbons (Fsp3) is 0.600. The van der Waals surface area contributed by atoms with Crippen LogP contribution in [0.4, 0.5) is 0 Å². The van der Waals surface area contributed by atoms with Gasteiger partial charge in [-0.3, -0.25) is 0 Å². The molecule has 0 aromatic heterocycles. The molecule has 0 aliphatic heterocycles. The largest absolute Gasteiger partial charge is 0.494 e. The van der Waals surface area contributed by atoms with Gasteiger partial charge in [0.05, 0.1) is 13.2 Å².